The smallest absolute Gasteiger partial charge is 0.230 e. The van der Waals surface area contributed by atoms with Gasteiger partial charge in [-0.2, -0.15) is 0 Å². The highest BCUT2D eigenvalue weighted by atomic mass is 32.2. The van der Waals surface area contributed by atoms with E-state index in [1.807, 2.05) is 11.8 Å². The molecule has 1 unspecified atom stereocenters. The van der Waals surface area contributed by atoms with Gasteiger partial charge in [-0.15, -0.1) is 11.8 Å². The SMILES string of the molecule is CCCNC(=O)CSC1CCN(C2CCNC2)CC1. The van der Waals surface area contributed by atoms with Crippen LogP contribution in [0.3, 0.4) is 0 Å². The summed E-state index contributed by atoms with van der Waals surface area (Å²) >= 11 is 1.85. The van der Waals surface area contributed by atoms with Crippen LogP contribution in [0, 0.1) is 0 Å². The quantitative estimate of drug-likeness (QED) is 0.766. The van der Waals surface area contributed by atoms with Gasteiger partial charge in [-0.05, 0) is 45.3 Å². The zero-order valence-electron chi connectivity index (χ0n) is 12.0. The summed E-state index contributed by atoms with van der Waals surface area (Å²) in [5, 5.41) is 7.07. The van der Waals surface area contributed by atoms with Crippen LogP contribution in [-0.4, -0.2) is 60.6 Å². The fourth-order valence-corrected chi connectivity index (χ4v) is 3.90. The fraction of sp³-hybridized carbons (Fsp3) is 0.929. The van der Waals surface area contributed by atoms with Gasteiger partial charge in [-0.25, -0.2) is 0 Å². The van der Waals surface area contributed by atoms with Gasteiger partial charge in [0.1, 0.15) is 0 Å². The van der Waals surface area contributed by atoms with E-state index in [0.29, 0.717) is 11.0 Å². The number of carbonyl (C=O) groups excluding carboxylic acids is 1. The van der Waals surface area contributed by atoms with E-state index in [1.54, 1.807) is 0 Å². The number of likely N-dealkylation sites (tertiary alicyclic amines) is 1. The molecule has 0 aromatic rings. The minimum absolute atomic E-state index is 0.203. The third kappa shape index (κ3) is 4.97. The Morgan fingerprint density at radius 3 is 2.79 bits per heavy atom. The molecule has 2 aliphatic heterocycles. The second kappa shape index (κ2) is 8.12. The summed E-state index contributed by atoms with van der Waals surface area (Å²) in [5.74, 6) is 0.838. The summed E-state index contributed by atoms with van der Waals surface area (Å²) in [5.41, 5.74) is 0. The van der Waals surface area contributed by atoms with E-state index in [9.17, 15) is 4.79 Å². The van der Waals surface area contributed by atoms with Crippen molar-refractivity contribution in [1.29, 1.82) is 0 Å². The minimum atomic E-state index is 0.203. The number of nitrogens with zero attached hydrogens (tertiary/aromatic N) is 1. The molecule has 2 rings (SSSR count). The highest BCUT2D eigenvalue weighted by Gasteiger charge is 2.27. The zero-order chi connectivity index (χ0) is 13.5. The van der Waals surface area contributed by atoms with E-state index in [1.165, 1.54) is 38.9 Å². The molecule has 2 saturated heterocycles. The van der Waals surface area contributed by atoms with Crippen LogP contribution in [0.5, 0.6) is 0 Å². The van der Waals surface area contributed by atoms with Crippen molar-refractivity contribution in [3.05, 3.63) is 0 Å². The molecule has 5 heteroatoms. The molecule has 0 aromatic heterocycles. The molecule has 110 valence electrons. The molecular weight excluding hydrogens is 258 g/mol. The van der Waals surface area contributed by atoms with E-state index >= 15 is 0 Å². The molecule has 2 N–H and O–H groups in total. The number of rotatable bonds is 6. The summed E-state index contributed by atoms with van der Waals surface area (Å²) in [6, 6.07) is 0.763. The number of amides is 1. The Balaban J connectivity index is 1.59. The van der Waals surface area contributed by atoms with Gasteiger partial charge in [0.15, 0.2) is 0 Å². The van der Waals surface area contributed by atoms with Gasteiger partial charge in [0, 0.05) is 24.4 Å². The maximum absolute atomic E-state index is 11.6. The second-order valence-corrected chi connectivity index (χ2v) is 6.83. The van der Waals surface area contributed by atoms with E-state index in [4.69, 9.17) is 0 Å². The van der Waals surface area contributed by atoms with Crippen LogP contribution >= 0.6 is 11.8 Å². The second-order valence-electron chi connectivity index (χ2n) is 5.54. The van der Waals surface area contributed by atoms with Gasteiger partial charge in [0.05, 0.1) is 5.75 Å². The van der Waals surface area contributed by atoms with Gasteiger partial charge in [-0.1, -0.05) is 6.92 Å². The van der Waals surface area contributed by atoms with E-state index < -0.39 is 0 Å². The van der Waals surface area contributed by atoms with Gasteiger partial charge in [0.25, 0.3) is 0 Å². The Hall–Kier alpha value is -0.260. The van der Waals surface area contributed by atoms with E-state index in [2.05, 4.69) is 22.5 Å². The first kappa shape index (κ1) is 15.1. The molecule has 19 heavy (non-hydrogen) atoms. The predicted octanol–water partition coefficient (Wildman–Crippen LogP) is 1.07. The third-order valence-corrected chi connectivity index (χ3v) is 5.42. The first-order valence-corrected chi connectivity index (χ1v) is 8.67. The number of hydrogen-bond acceptors (Lipinski definition) is 4. The number of piperidine rings is 1. The largest absolute Gasteiger partial charge is 0.355 e. The van der Waals surface area contributed by atoms with Crippen molar-refractivity contribution in [1.82, 2.24) is 15.5 Å². The van der Waals surface area contributed by atoms with Crippen LogP contribution in [-0.2, 0) is 4.79 Å². The minimum Gasteiger partial charge on any atom is -0.355 e. The summed E-state index contributed by atoms with van der Waals surface area (Å²) < 4.78 is 0. The lowest BCUT2D eigenvalue weighted by Crippen LogP contribution is -2.43. The molecule has 0 radical (unpaired) electrons. The first-order valence-electron chi connectivity index (χ1n) is 7.62. The summed E-state index contributed by atoms with van der Waals surface area (Å²) in [4.78, 5) is 14.2. The average molecular weight is 285 g/mol. The molecule has 2 aliphatic rings. The maximum atomic E-state index is 11.6. The van der Waals surface area contributed by atoms with E-state index in [-0.39, 0.29) is 5.91 Å². The molecule has 0 saturated carbocycles. The van der Waals surface area contributed by atoms with Gasteiger partial charge in [0.2, 0.25) is 5.91 Å². The summed E-state index contributed by atoms with van der Waals surface area (Å²) in [6.45, 7) is 7.66. The van der Waals surface area contributed by atoms with Gasteiger partial charge in [-0.3, -0.25) is 9.69 Å². The Bertz CT molecular complexity index is 274. The molecule has 1 atom stereocenters. The van der Waals surface area contributed by atoms with Crippen molar-refractivity contribution in [2.24, 2.45) is 0 Å². The normalized spacial score (nSPS) is 25.6. The standard InChI is InChI=1S/C14H27N3OS/c1-2-6-16-14(18)11-19-13-4-8-17(9-5-13)12-3-7-15-10-12/h12-13,15H,2-11H2,1H3,(H,16,18). The zero-order valence-corrected chi connectivity index (χ0v) is 12.8. The molecule has 0 bridgehead atoms. The van der Waals surface area contributed by atoms with Crippen LogP contribution in [0.15, 0.2) is 0 Å². The van der Waals surface area contributed by atoms with Crippen LogP contribution in [0.4, 0.5) is 0 Å². The highest BCUT2D eigenvalue weighted by molar-refractivity contribution is 8.00. The Morgan fingerprint density at radius 1 is 1.37 bits per heavy atom. The predicted molar refractivity (Wildman–Crippen MR) is 81.6 cm³/mol. The van der Waals surface area contributed by atoms with Crippen LogP contribution in [0.2, 0.25) is 0 Å². The van der Waals surface area contributed by atoms with Crippen molar-refractivity contribution in [3.8, 4) is 0 Å². The van der Waals surface area contributed by atoms with Crippen molar-refractivity contribution < 1.29 is 4.79 Å². The monoisotopic (exact) mass is 285 g/mol. The van der Waals surface area contributed by atoms with Crippen molar-refractivity contribution >= 4 is 17.7 Å². The van der Waals surface area contributed by atoms with Crippen LogP contribution in [0.1, 0.15) is 32.6 Å². The topological polar surface area (TPSA) is 44.4 Å². The Morgan fingerprint density at radius 2 is 2.16 bits per heavy atom. The third-order valence-electron chi connectivity index (χ3n) is 4.05. The van der Waals surface area contributed by atoms with Crippen molar-refractivity contribution in [2.45, 2.75) is 43.9 Å². The molecule has 0 aromatic carbocycles. The van der Waals surface area contributed by atoms with Crippen molar-refractivity contribution in [3.63, 3.8) is 0 Å². The number of nitrogens with one attached hydrogen (secondary N) is 2. The molecule has 0 aliphatic carbocycles. The molecular formula is C14H27N3OS. The Kier molecular flexibility index (Phi) is 6.47. The lowest BCUT2D eigenvalue weighted by molar-refractivity contribution is -0.118. The molecule has 2 fully saturated rings. The lowest BCUT2D eigenvalue weighted by atomic mass is 10.1. The fourth-order valence-electron chi connectivity index (χ4n) is 2.87. The van der Waals surface area contributed by atoms with E-state index in [0.717, 1.165) is 25.6 Å². The number of hydrogen-bond donors (Lipinski definition) is 2. The Labute approximate surface area is 121 Å². The average Bonchev–Trinajstić information content (AvgIpc) is 2.97. The molecule has 4 nitrogen and oxygen atoms in total. The van der Waals surface area contributed by atoms with Crippen LogP contribution < -0.4 is 10.6 Å². The number of carbonyl (C=O) groups is 1. The molecule has 0 spiro atoms. The van der Waals surface area contributed by atoms with Gasteiger partial charge < -0.3 is 10.6 Å². The summed E-state index contributed by atoms with van der Waals surface area (Å²) in [7, 11) is 0. The first-order chi connectivity index (χ1) is 9.29. The maximum Gasteiger partial charge on any atom is 0.230 e. The van der Waals surface area contributed by atoms with Crippen molar-refractivity contribution in [2.75, 3.05) is 38.5 Å². The summed E-state index contributed by atoms with van der Waals surface area (Å²) in [6.07, 6.45) is 4.80. The number of thioether (sulfide) groups is 1. The van der Waals surface area contributed by atoms with Gasteiger partial charge >= 0.3 is 0 Å². The molecule has 1 amide bonds. The van der Waals surface area contributed by atoms with Crippen LogP contribution in [0.25, 0.3) is 0 Å². The molecule has 2 heterocycles. The highest BCUT2D eigenvalue weighted by Crippen LogP contribution is 2.25. The lowest BCUT2D eigenvalue weighted by Gasteiger charge is -2.35.